The zero-order valence-electron chi connectivity index (χ0n) is 14.4. The molecule has 0 bridgehead atoms. The summed E-state index contributed by atoms with van der Waals surface area (Å²) in [5.74, 6) is -1.65. The average Bonchev–Trinajstić information content (AvgIpc) is 3.20. The molecule has 7 nitrogen and oxygen atoms in total. The van der Waals surface area contributed by atoms with Crippen molar-refractivity contribution in [2.75, 3.05) is 19.7 Å². The molecule has 2 unspecified atom stereocenters. The molecular formula is C17H20FN3O4. The lowest BCUT2D eigenvalue weighted by Crippen LogP contribution is -2.33. The van der Waals surface area contributed by atoms with Crippen LogP contribution in [0.5, 0.6) is 0 Å². The molecule has 3 heterocycles. The van der Waals surface area contributed by atoms with E-state index in [-0.39, 0.29) is 19.1 Å². The van der Waals surface area contributed by atoms with E-state index >= 15 is 0 Å². The van der Waals surface area contributed by atoms with Crippen LogP contribution in [0.1, 0.15) is 35.1 Å². The Hall–Kier alpha value is -2.51. The molecule has 2 atom stereocenters. The molecule has 2 aromatic heterocycles. The number of likely N-dealkylation sites (tertiary alicyclic amines) is 1. The van der Waals surface area contributed by atoms with Gasteiger partial charge in [0.1, 0.15) is 0 Å². The number of pyridine rings is 1. The summed E-state index contributed by atoms with van der Waals surface area (Å²) in [5, 5.41) is 4.43. The molecule has 2 aromatic rings. The van der Waals surface area contributed by atoms with Gasteiger partial charge in [-0.2, -0.15) is 0 Å². The lowest BCUT2D eigenvalue weighted by molar-refractivity contribution is -0.151. The smallest absolute Gasteiger partial charge is 0.341 e. The number of rotatable bonds is 4. The number of amides is 1. The maximum Gasteiger partial charge on any atom is 0.341 e. The van der Waals surface area contributed by atoms with E-state index in [2.05, 4.69) is 10.1 Å². The van der Waals surface area contributed by atoms with Crippen molar-refractivity contribution >= 4 is 23.0 Å². The SMILES string of the molecule is CCOC(=O)C(F)C1CCN(C(=O)c2cc(C)nc3onc(C)c23)C1. The molecule has 1 fully saturated rings. The summed E-state index contributed by atoms with van der Waals surface area (Å²) < 4.78 is 24.1. The van der Waals surface area contributed by atoms with Crippen molar-refractivity contribution in [1.29, 1.82) is 0 Å². The molecule has 0 spiro atoms. The number of hydrogen-bond acceptors (Lipinski definition) is 6. The van der Waals surface area contributed by atoms with Crippen LogP contribution < -0.4 is 0 Å². The molecule has 3 rings (SSSR count). The first-order valence-corrected chi connectivity index (χ1v) is 8.26. The van der Waals surface area contributed by atoms with Crippen molar-refractivity contribution in [3.63, 3.8) is 0 Å². The second-order valence-corrected chi connectivity index (χ2v) is 6.21. The normalized spacial score (nSPS) is 18.6. The summed E-state index contributed by atoms with van der Waals surface area (Å²) in [7, 11) is 0. The number of fused-ring (bicyclic) bond motifs is 1. The number of hydrogen-bond donors (Lipinski definition) is 0. The molecule has 8 heteroatoms. The van der Waals surface area contributed by atoms with Gasteiger partial charge in [0.15, 0.2) is 0 Å². The number of nitrogens with zero attached hydrogens (tertiary/aromatic N) is 3. The van der Waals surface area contributed by atoms with E-state index in [1.165, 1.54) is 0 Å². The van der Waals surface area contributed by atoms with Crippen molar-refractivity contribution in [3.8, 4) is 0 Å². The van der Waals surface area contributed by atoms with E-state index in [9.17, 15) is 14.0 Å². The maximum absolute atomic E-state index is 14.2. The number of aromatic nitrogens is 2. The number of halogens is 1. The Kier molecular flexibility index (Phi) is 4.69. The average molecular weight is 349 g/mol. The highest BCUT2D eigenvalue weighted by Crippen LogP contribution is 2.28. The Bertz CT molecular complexity index is 820. The zero-order chi connectivity index (χ0) is 18.1. The Morgan fingerprint density at radius 2 is 2.24 bits per heavy atom. The molecule has 0 N–H and O–H groups in total. The molecular weight excluding hydrogens is 329 g/mol. The van der Waals surface area contributed by atoms with Gasteiger partial charge in [0.05, 0.1) is 23.3 Å². The quantitative estimate of drug-likeness (QED) is 0.787. The van der Waals surface area contributed by atoms with Gasteiger partial charge in [-0.25, -0.2) is 14.2 Å². The number of carbonyl (C=O) groups is 2. The van der Waals surface area contributed by atoms with E-state index in [1.807, 2.05) is 0 Å². The van der Waals surface area contributed by atoms with Crippen LogP contribution in [0.2, 0.25) is 0 Å². The largest absolute Gasteiger partial charge is 0.464 e. The van der Waals surface area contributed by atoms with Crippen molar-refractivity contribution < 1.29 is 23.2 Å². The van der Waals surface area contributed by atoms with Gasteiger partial charge in [-0.1, -0.05) is 5.16 Å². The molecule has 0 aliphatic carbocycles. The van der Waals surface area contributed by atoms with Crippen molar-refractivity contribution in [3.05, 3.63) is 23.0 Å². The van der Waals surface area contributed by atoms with E-state index in [0.717, 1.165) is 0 Å². The zero-order valence-corrected chi connectivity index (χ0v) is 14.4. The number of esters is 1. The minimum absolute atomic E-state index is 0.135. The third-order valence-corrected chi connectivity index (χ3v) is 4.41. The molecule has 1 aliphatic rings. The van der Waals surface area contributed by atoms with Crippen LogP contribution in [0.15, 0.2) is 10.6 Å². The summed E-state index contributed by atoms with van der Waals surface area (Å²) >= 11 is 0. The molecule has 1 saturated heterocycles. The molecule has 134 valence electrons. The molecule has 1 aliphatic heterocycles. The summed E-state index contributed by atoms with van der Waals surface area (Å²) in [4.78, 5) is 30.3. The number of alkyl halides is 1. The highest BCUT2D eigenvalue weighted by Gasteiger charge is 2.37. The van der Waals surface area contributed by atoms with Gasteiger partial charge < -0.3 is 14.2 Å². The van der Waals surface area contributed by atoms with Crippen LogP contribution >= 0.6 is 0 Å². The first kappa shape index (κ1) is 17.3. The van der Waals surface area contributed by atoms with Crippen LogP contribution in [0.3, 0.4) is 0 Å². The van der Waals surface area contributed by atoms with E-state index in [4.69, 9.17) is 9.26 Å². The monoisotopic (exact) mass is 349 g/mol. The summed E-state index contributed by atoms with van der Waals surface area (Å²) in [6.07, 6.45) is -1.30. The molecule has 25 heavy (non-hydrogen) atoms. The van der Waals surface area contributed by atoms with Crippen molar-refractivity contribution in [2.45, 2.75) is 33.4 Å². The number of ether oxygens (including phenoxy) is 1. The Morgan fingerprint density at radius 3 is 2.96 bits per heavy atom. The first-order valence-electron chi connectivity index (χ1n) is 8.26. The van der Waals surface area contributed by atoms with Crippen LogP contribution in [-0.4, -0.2) is 52.8 Å². The maximum atomic E-state index is 14.2. The predicted molar refractivity (Wildman–Crippen MR) is 86.8 cm³/mol. The lowest BCUT2D eigenvalue weighted by atomic mass is 10.0. The molecule has 0 aromatic carbocycles. The standard InChI is InChI=1S/C17H20FN3O4/c1-4-24-17(23)14(18)11-5-6-21(8-11)16(22)12-7-9(2)19-15-13(12)10(3)20-25-15/h7,11,14H,4-6,8H2,1-3H3. The van der Waals surface area contributed by atoms with E-state index in [1.54, 1.807) is 31.7 Å². The Morgan fingerprint density at radius 1 is 1.48 bits per heavy atom. The fourth-order valence-electron chi connectivity index (χ4n) is 3.18. The fraction of sp³-hybridized carbons (Fsp3) is 0.529. The van der Waals surface area contributed by atoms with Crippen LogP contribution in [0, 0.1) is 19.8 Å². The number of carbonyl (C=O) groups excluding carboxylic acids is 2. The summed E-state index contributed by atoms with van der Waals surface area (Å²) in [5.41, 5.74) is 1.97. The molecule has 0 radical (unpaired) electrons. The van der Waals surface area contributed by atoms with E-state index < -0.39 is 18.1 Å². The van der Waals surface area contributed by atoms with Crippen molar-refractivity contribution in [1.82, 2.24) is 15.0 Å². The topological polar surface area (TPSA) is 85.5 Å². The van der Waals surface area contributed by atoms with Gasteiger partial charge in [-0.15, -0.1) is 0 Å². The van der Waals surface area contributed by atoms with Gasteiger partial charge in [0.25, 0.3) is 11.6 Å². The second kappa shape index (κ2) is 6.78. The van der Waals surface area contributed by atoms with Crippen LogP contribution in [-0.2, 0) is 9.53 Å². The first-order chi connectivity index (χ1) is 11.9. The summed E-state index contributed by atoms with van der Waals surface area (Å²) in [6.45, 7) is 5.83. The summed E-state index contributed by atoms with van der Waals surface area (Å²) in [6, 6.07) is 1.68. The predicted octanol–water partition coefficient (Wildman–Crippen LogP) is 2.20. The Balaban J connectivity index is 1.81. The van der Waals surface area contributed by atoms with Gasteiger partial charge in [0.2, 0.25) is 6.17 Å². The second-order valence-electron chi connectivity index (χ2n) is 6.21. The molecule has 1 amide bonds. The van der Waals surface area contributed by atoms with Crippen LogP contribution in [0.4, 0.5) is 4.39 Å². The van der Waals surface area contributed by atoms with E-state index in [0.29, 0.717) is 41.0 Å². The van der Waals surface area contributed by atoms with Crippen molar-refractivity contribution in [2.24, 2.45) is 5.92 Å². The lowest BCUT2D eigenvalue weighted by Gasteiger charge is -2.18. The third-order valence-electron chi connectivity index (χ3n) is 4.41. The van der Waals surface area contributed by atoms with Gasteiger partial charge in [-0.3, -0.25) is 4.79 Å². The van der Waals surface area contributed by atoms with Crippen LogP contribution in [0.25, 0.3) is 11.1 Å². The highest BCUT2D eigenvalue weighted by molar-refractivity contribution is 6.06. The Labute approximate surface area is 144 Å². The van der Waals surface area contributed by atoms with Gasteiger partial charge in [0, 0.05) is 24.7 Å². The minimum Gasteiger partial charge on any atom is -0.464 e. The van der Waals surface area contributed by atoms with Gasteiger partial charge >= 0.3 is 5.97 Å². The fourth-order valence-corrected chi connectivity index (χ4v) is 3.18. The molecule has 0 saturated carbocycles. The van der Waals surface area contributed by atoms with Gasteiger partial charge in [-0.05, 0) is 33.3 Å². The minimum atomic E-state index is -1.71. The highest BCUT2D eigenvalue weighted by atomic mass is 19.1. The third kappa shape index (κ3) is 3.20. The number of aryl methyl sites for hydroxylation is 2.